The fourth-order valence-electron chi connectivity index (χ4n) is 2.07. The summed E-state index contributed by atoms with van der Waals surface area (Å²) >= 11 is 0. The Bertz CT molecular complexity index is 596. The molecule has 0 saturated carbocycles. The number of hydrogen-bond donors (Lipinski definition) is 2. The van der Waals surface area contributed by atoms with Crippen molar-refractivity contribution in [2.45, 2.75) is 19.4 Å². The Balaban J connectivity index is 2.17. The van der Waals surface area contributed by atoms with Gasteiger partial charge in [0.05, 0.1) is 6.42 Å². The van der Waals surface area contributed by atoms with Gasteiger partial charge in [-0.15, -0.1) is 0 Å². The average Bonchev–Trinajstić information content (AvgIpc) is 2.41. The quantitative estimate of drug-likeness (QED) is 0.879. The molecule has 0 spiro atoms. The Morgan fingerprint density at radius 1 is 1.20 bits per heavy atom. The zero-order valence-corrected chi connectivity index (χ0v) is 11.3. The molecular formula is C16H17FN2O. The highest BCUT2D eigenvalue weighted by atomic mass is 19.1. The van der Waals surface area contributed by atoms with Crippen molar-refractivity contribution in [1.29, 1.82) is 0 Å². The van der Waals surface area contributed by atoms with Crippen LogP contribution in [0.2, 0.25) is 0 Å². The van der Waals surface area contributed by atoms with Crippen molar-refractivity contribution in [3.05, 3.63) is 65.5 Å². The number of para-hydroxylation sites is 1. The van der Waals surface area contributed by atoms with Gasteiger partial charge in [0.25, 0.3) is 0 Å². The van der Waals surface area contributed by atoms with Gasteiger partial charge in [-0.1, -0.05) is 30.3 Å². The zero-order chi connectivity index (χ0) is 14.5. The van der Waals surface area contributed by atoms with Crippen LogP contribution in [0.1, 0.15) is 24.1 Å². The minimum atomic E-state index is -0.367. The maximum Gasteiger partial charge on any atom is 0.221 e. The first kappa shape index (κ1) is 14.1. The number of nitrogens with one attached hydrogen (secondary N) is 1. The summed E-state index contributed by atoms with van der Waals surface area (Å²) in [7, 11) is 0. The lowest BCUT2D eigenvalue weighted by molar-refractivity contribution is -0.117. The largest absolute Gasteiger partial charge is 0.378 e. The van der Waals surface area contributed by atoms with Crippen molar-refractivity contribution in [3.8, 4) is 0 Å². The second-order valence-electron chi connectivity index (χ2n) is 4.72. The molecule has 1 atom stereocenters. The highest BCUT2D eigenvalue weighted by Gasteiger charge is 2.09. The number of amides is 1. The first-order valence-corrected chi connectivity index (χ1v) is 6.44. The predicted molar refractivity (Wildman–Crippen MR) is 77.8 cm³/mol. The van der Waals surface area contributed by atoms with Gasteiger partial charge >= 0.3 is 0 Å². The van der Waals surface area contributed by atoms with Gasteiger partial charge in [-0.25, -0.2) is 4.39 Å². The maximum atomic E-state index is 12.9. The Morgan fingerprint density at radius 3 is 2.50 bits per heavy atom. The molecule has 0 aromatic heterocycles. The number of primary amides is 1. The van der Waals surface area contributed by atoms with Crippen molar-refractivity contribution >= 4 is 11.6 Å². The van der Waals surface area contributed by atoms with E-state index >= 15 is 0 Å². The number of carbonyl (C=O) groups excluding carboxylic acids is 1. The van der Waals surface area contributed by atoms with E-state index < -0.39 is 0 Å². The van der Waals surface area contributed by atoms with Gasteiger partial charge < -0.3 is 11.1 Å². The Labute approximate surface area is 117 Å². The number of benzene rings is 2. The van der Waals surface area contributed by atoms with Crippen LogP contribution in [0.25, 0.3) is 0 Å². The molecule has 0 radical (unpaired) electrons. The standard InChI is InChI=1S/C16H17FN2O/c1-11(12-6-8-14(17)9-7-12)19-15-5-3-2-4-13(15)10-16(18)20/h2-9,11,19H,10H2,1H3,(H2,18,20). The third-order valence-corrected chi connectivity index (χ3v) is 3.12. The van der Waals surface area contributed by atoms with Gasteiger partial charge in [0.15, 0.2) is 0 Å². The van der Waals surface area contributed by atoms with Gasteiger partial charge in [-0.3, -0.25) is 4.79 Å². The molecule has 2 rings (SSSR count). The number of rotatable bonds is 5. The maximum absolute atomic E-state index is 12.9. The van der Waals surface area contributed by atoms with Crippen LogP contribution in [0.3, 0.4) is 0 Å². The summed E-state index contributed by atoms with van der Waals surface area (Å²) in [5, 5.41) is 3.32. The normalized spacial score (nSPS) is 11.9. The van der Waals surface area contributed by atoms with Crippen molar-refractivity contribution in [2.75, 3.05) is 5.32 Å². The predicted octanol–water partition coefficient (Wildman–Crippen LogP) is 3.03. The molecule has 0 aliphatic heterocycles. The summed E-state index contributed by atoms with van der Waals surface area (Å²) in [6.07, 6.45) is 0.194. The van der Waals surface area contributed by atoms with Crippen LogP contribution in [0.15, 0.2) is 48.5 Å². The molecule has 0 fully saturated rings. The molecule has 1 unspecified atom stereocenters. The van der Waals surface area contributed by atoms with E-state index in [1.54, 1.807) is 12.1 Å². The van der Waals surface area contributed by atoms with Crippen LogP contribution in [0.5, 0.6) is 0 Å². The average molecular weight is 272 g/mol. The number of anilines is 1. The molecule has 0 bridgehead atoms. The van der Waals surface area contributed by atoms with Crippen molar-refractivity contribution in [2.24, 2.45) is 5.73 Å². The van der Waals surface area contributed by atoms with Crippen LogP contribution in [-0.4, -0.2) is 5.91 Å². The van der Waals surface area contributed by atoms with E-state index in [1.807, 2.05) is 31.2 Å². The second-order valence-corrected chi connectivity index (χ2v) is 4.72. The molecule has 3 N–H and O–H groups in total. The lowest BCUT2D eigenvalue weighted by atomic mass is 10.1. The van der Waals surface area contributed by atoms with Gasteiger partial charge in [0.1, 0.15) is 5.82 Å². The molecule has 0 aliphatic rings. The summed E-state index contributed by atoms with van der Waals surface area (Å²) in [6, 6.07) is 13.9. The molecule has 0 aliphatic carbocycles. The first-order valence-electron chi connectivity index (χ1n) is 6.44. The van der Waals surface area contributed by atoms with E-state index in [-0.39, 0.29) is 24.2 Å². The van der Waals surface area contributed by atoms with Crippen molar-refractivity contribution in [1.82, 2.24) is 0 Å². The second kappa shape index (κ2) is 6.19. The Hall–Kier alpha value is -2.36. The highest BCUT2D eigenvalue weighted by Crippen LogP contribution is 2.22. The van der Waals surface area contributed by atoms with Gasteiger partial charge in [0.2, 0.25) is 5.91 Å². The lowest BCUT2D eigenvalue weighted by Gasteiger charge is -2.18. The van der Waals surface area contributed by atoms with Gasteiger partial charge in [-0.05, 0) is 36.2 Å². The zero-order valence-electron chi connectivity index (χ0n) is 11.3. The summed E-state index contributed by atoms with van der Waals surface area (Å²) in [5.41, 5.74) is 7.94. The monoisotopic (exact) mass is 272 g/mol. The van der Waals surface area contributed by atoms with Crippen LogP contribution >= 0.6 is 0 Å². The fourth-order valence-corrected chi connectivity index (χ4v) is 2.07. The topological polar surface area (TPSA) is 55.1 Å². The Kier molecular flexibility index (Phi) is 4.35. The van der Waals surface area contributed by atoms with E-state index in [0.29, 0.717) is 0 Å². The van der Waals surface area contributed by atoms with Crippen molar-refractivity contribution in [3.63, 3.8) is 0 Å². The number of halogens is 1. The van der Waals surface area contributed by atoms with Crippen LogP contribution in [0, 0.1) is 5.82 Å². The molecule has 1 amide bonds. The number of nitrogens with two attached hydrogens (primary N) is 1. The van der Waals surface area contributed by atoms with Crippen LogP contribution in [-0.2, 0) is 11.2 Å². The van der Waals surface area contributed by atoms with Gasteiger partial charge in [-0.2, -0.15) is 0 Å². The summed E-state index contributed by atoms with van der Waals surface area (Å²) in [6.45, 7) is 1.98. The highest BCUT2D eigenvalue weighted by molar-refractivity contribution is 5.78. The van der Waals surface area contributed by atoms with E-state index in [1.165, 1.54) is 12.1 Å². The smallest absolute Gasteiger partial charge is 0.221 e. The Morgan fingerprint density at radius 2 is 1.85 bits per heavy atom. The van der Waals surface area contributed by atoms with Crippen LogP contribution < -0.4 is 11.1 Å². The minimum absolute atomic E-state index is 0.00428. The molecule has 2 aromatic carbocycles. The van der Waals surface area contributed by atoms with E-state index in [4.69, 9.17) is 5.73 Å². The lowest BCUT2D eigenvalue weighted by Crippen LogP contribution is -2.16. The third-order valence-electron chi connectivity index (χ3n) is 3.12. The molecule has 3 nitrogen and oxygen atoms in total. The van der Waals surface area contributed by atoms with E-state index in [9.17, 15) is 9.18 Å². The summed E-state index contributed by atoms with van der Waals surface area (Å²) in [4.78, 5) is 11.1. The minimum Gasteiger partial charge on any atom is -0.378 e. The van der Waals surface area contributed by atoms with E-state index in [2.05, 4.69) is 5.32 Å². The number of carbonyl (C=O) groups is 1. The van der Waals surface area contributed by atoms with Crippen molar-refractivity contribution < 1.29 is 9.18 Å². The number of hydrogen-bond acceptors (Lipinski definition) is 2. The molecule has 104 valence electrons. The summed E-state index contributed by atoms with van der Waals surface area (Å²) < 4.78 is 12.9. The first-order chi connectivity index (χ1) is 9.56. The molecular weight excluding hydrogens is 255 g/mol. The van der Waals surface area contributed by atoms with E-state index in [0.717, 1.165) is 16.8 Å². The fraction of sp³-hybridized carbons (Fsp3) is 0.188. The molecule has 0 saturated heterocycles. The molecule has 4 heteroatoms. The SMILES string of the molecule is CC(Nc1ccccc1CC(N)=O)c1ccc(F)cc1. The van der Waals surface area contributed by atoms with Gasteiger partial charge in [0, 0.05) is 11.7 Å². The summed E-state index contributed by atoms with van der Waals surface area (Å²) in [5.74, 6) is -0.622. The van der Waals surface area contributed by atoms with Crippen LogP contribution in [0.4, 0.5) is 10.1 Å². The molecule has 2 aromatic rings. The molecule has 20 heavy (non-hydrogen) atoms. The molecule has 0 heterocycles. The third kappa shape index (κ3) is 3.57.